The zero-order valence-electron chi connectivity index (χ0n) is 10.8. The number of phenolic OH excluding ortho intramolecular Hbond substituents is 2. The number of aromatic hydroxyl groups is 2. The van der Waals surface area contributed by atoms with Gasteiger partial charge in [0, 0.05) is 25.2 Å². The SMILES string of the molecule is CN(C)C(=O)c1cccc(-c2cccc(O)c2O)c1. The average Bonchev–Trinajstić information content (AvgIpc) is 2.41. The molecule has 0 aliphatic carbocycles. The fourth-order valence-corrected chi connectivity index (χ4v) is 1.84. The van der Waals surface area contributed by atoms with Gasteiger partial charge in [-0.25, -0.2) is 0 Å². The molecule has 0 aliphatic heterocycles. The van der Waals surface area contributed by atoms with E-state index in [4.69, 9.17) is 0 Å². The maximum absolute atomic E-state index is 11.9. The number of benzene rings is 2. The van der Waals surface area contributed by atoms with Crippen LogP contribution < -0.4 is 0 Å². The summed E-state index contributed by atoms with van der Waals surface area (Å²) in [5.74, 6) is -0.472. The molecule has 0 spiro atoms. The quantitative estimate of drug-likeness (QED) is 0.812. The van der Waals surface area contributed by atoms with Crippen molar-refractivity contribution in [2.24, 2.45) is 0 Å². The average molecular weight is 257 g/mol. The Hall–Kier alpha value is -2.49. The summed E-state index contributed by atoms with van der Waals surface area (Å²) >= 11 is 0. The minimum Gasteiger partial charge on any atom is -0.504 e. The number of rotatable bonds is 2. The van der Waals surface area contributed by atoms with Gasteiger partial charge in [-0.3, -0.25) is 4.79 Å². The van der Waals surface area contributed by atoms with Gasteiger partial charge in [-0.1, -0.05) is 24.3 Å². The van der Waals surface area contributed by atoms with Crippen LogP contribution in [-0.2, 0) is 0 Å². The van der Waals surface area contributed by atoms with E-state index in [0.29, 0.717) is 16.7 Å². The van der Waals surface area contributed by atoms with E-state index in [1.807, 2.05) is 0 Å². The van der Waals surface area contributed by atoms with Gasteiger partial charge in [-0.2, -0.15) is 0 Å². The zero-order chi connectivity index (χ0) is 14.0. The Morgan fingerprint density at radius 3 is 2.42 bits per heavy atom. The smallest absolute Gasteiger partial charge is 0.253 e. The fourth-order valence-electron chi connectivity index (χ4n) is 1.84. The van der Waals surface area contributed by atoms with Crippen LogP contribution in [0, 0.1) is 0 Å². The molecule has 0 radical (unpaired) electrons. The molecule has 19 heavy (non-hydrogen) atoms. The predicted molar refractivity (Wildman–Crippen MR) is 73.2 cm³/mol. The molecule has 0 atom stereocenters. The van der Waals surface area contributed by atoms with Crippen molar-refractivity contribution < 1.29 is 15.0 Å². The third-order valence-electron chi connectivity index (χ3n) is 2.84. The van der Waals surface area contributed by atoms with Crippen LogP contribution in [0.25, 0.3) is 11.1 Å². The first kappa shape index (κ1) is 13.0. The number of phenols is 2. The van der Waals surface area contributed by atoms with Crippen molar-refractivity contribution in [3.05, 3.63) is 48.0 Å². The highest BCUT2D eigenvalue weighted by molar-refractivity contribution is 5.95. The summed E-state index contributed by atoms with van der Waals surface area (Å²) in [5.41, 5.74) is 1.71. The molecule has 98 valence electrons. The van der Waals surface area contributed by atoms with E-state index >= 15 is 0 Å². The summed E-state index contributed by atoms with van der Waals surface area (Å²) in [6, 6.07) is 11.7. The van der Waals surface area contributed by atoms with E-state index < -0.39 is 0 Å². The van der Waals surface area contributed by atoms with Crippen molar-refractivity contribution in [3.8, 4) is 22.6 Å². The topological polar surface area (TPSA) is 60.8 Å². The van der Waals surface area contributed by atoms with Crippen molar-refractivity contribution in [3.63, 3.8) is 0 Å². The van der Waals surface area contributed by atoms with E-state index in [0.717, 1.165) is 0 Å². The van der Waals surface area contributed by atoms with E-state index in [1.165, 1.54) is 11.0 Å². The van der Waals surface area contributed by atoms with E-state index in [-0.39, 0.29) is 17.4 Å². The van der Waals surface area contributed by atoms with E-state index in [2.05, 4.69) is 0 Å². The van der Waals surface area contributed by atoms with Gasteiger partial charge in [0.2, 0.25) is 0 Å². The molecule has 0 bridgehead atoms. The minimum absolute atomic E-state index is 0.110. The molecule has 2 aromatic carbocycles. The Morgan fingerprint density at radius 1 is 1.05 bits per heavy atom. The molecule has 0 heterocycles. The number of carbonyl (C=O) groups excluding carboxylic acids is 1. The lowest BCUT2D eigenvalue weighted by Gasteiger charge is -2.12. The summed E-state index contributed by atoms with van der Waals surface area (Å²) in [6.45, 7) is 0. The molecule has 0 aliphatic rings. The minimum atomic E-state index is -0.183. The highest BCUT2D eigenvalue weighted by Crippen LogP contribution is 2.36. The lowest BCUT2D eigenvalue weighted by Crippen LogP contribution is -2.21. The number of hydrogen-bond acceptors (Lipinski definition) is 3. The first-order valence-corrected chi connectivity index (χ1v) is 5.83. The van der Waals surface area contributed by atoms with Crippen LogP contribution in [0.5, 0.6) is 11.5 Å². The molecular weight excluding hydrogens is 242 g/mol. The van der Waals surface area contributed by atoms with Gasteiger partial charge >= 0.3 is 0 Å². The molecule has 0 aromatic heterocycles. The molecule has 0 fully saturated rings. The molecule has 2 aromatic rings. The van der Waals surface area contributed by atoms with Gasteiger partial charge in [0.15, 0.2) is 11.5 Å². The Morgan fingerprint density at radius 2 is 1.74 bits per heavy atom. The highest BCUT2D eigenvalue weighted by atomic mass is 16.3. The number of amides is 1. The summed E-state index contributed by atoms with van der Waals surface area (Å²) in [7, 11) is 3.36. The van der Waals surface area contributed by atoms with Crippen LogP contribution in [0.1, 0.15) is 10.4 Å². The van der Waals surface area contributed by atoms with Crippen LogP contribution in [0.2, 0.25) is 0 Å². The number of hydrogen-bond donors (Lipinski definition) is 2. The second kappa shape index (κ2) is 5.02. The molecule has 2 rings (SSSR count). The van der Waals surface area contributed by atoms with Crippen LogP contribution >= 0.6 is 0 Å². The molecule has 0 saturated carbocycles. The van der Waals surface area contributed by atoms with Crippen molar-refractivity contribution in [2.75, 3.05) is 14.1 Å². The zero-order valence-corrected chi connectivity index (χ0v) is 10.8. The first-order valence-electron chi connectivity index (χ1n) is 5.83. The molecule has 4 nitrogen and oxygen atoms in total. The lowest BCUT2D eigenvalue weighted by atomic mass is 10.0. The largest absolute Gasteiger partial charge is 0.504 e. The van der Waals surface area contributed by atoms with Crippen LogP contribution in [0.15, 0.2) is 42.5 Å². The lowest BCUT2D eigenvalue weighted by molar-refractivity contribution is 0.0827. The molecule has 0 saturated heterocycles. The predicted octanol–water partition coefficient (Wildman–Crippen LogP) is 2.47. The van der Waals surface area contributed by atoms with Gasteiger partial charge in [0.25, 0.3) is 5.91 Å². The maximum atomic E-state index is 11.9. The maximum Gasteiger partial charge on any atom is 0.253 e. The van der Waals surface area contributed by atoms with Crippen molar-refractivity contribution >= 4 is 5.91 Å². The molecule has 2 N–H and O–H groups in total. The standard InChI is InChI=1S/C15H15NO3/c1-16(2)15(19)11-6-3-5-10(9-11)12-7-4-8-13(17)14(12)18/h3-9,17-18H,1-2H3. The van der Waals surface area contributed by atoms with E-state index in [1.54, 1.807) is 50.5 Å². The monoisotopic (exact) mass is 257 g/mol. The van der Waals surface area contributed by atoms with E-state index in [9.17, 15) is 15.0 Å². The number of carbonyl (C=O) groups is 1. The Kier molecular flexibility index (Phi) is 3.42. The third-order valence-corrected chi connectivity index (χ3v) is 2.84. The Labute approximate surface area is 111 Å². The molecule has 4 heteroatoms. The van der Waals surface area contributed by atoms with Crippen LogP contribution in [-0.4, -0.2) is 35.1 Å². The molecule has 0 unspecified atom stereocenters. The van der Waals surface area contributed by atoms with Gasteiger partial charge in [0.1, 0.15) is 0 Å². The van der Waals surface area contributed by atoms with Crippen molar-refractivity contribution in [1.82, 2.24) is 4.90 Å². The number of nitrogens with zero attached hydrogens (tertiary/aromatic N) is 1. The van der Waals surface area contributed by atoms with Crippen molar-refractivity contribution in [2.45, 2.75) is 0 Å². The van der Waals surface area contributed by atoms with Gasteiger partial charge < -0.3 is 15.1 Å². The number of para-hydroxylation sites is 1. The Bertz CT molecular complexity index is 621. The summed E-state index contributed by atoms with van der Waals surface area (Å²) in [5, 5.41) is 19.3. The van der Waals surface area contributed by atoms with Crippen LogP contribution in [0.4, 0.5) is 0 Å². The Balaban J connectivity index is 2.49. The second-order valence-corrected chi connectivity index (χ2v) is 4.45. The highest BCUT2D eigenvalue weighted by Gasteiger charge is 2.12. The molecular formula is C15H15NO3. The molecule has 1 amide bonds. The van der Waals surface area contributed by atoms with Gasteiger partial charge in [-0.05, 0) is 23.8 Å². The van der Waals surface area contributed by atoms with Crippen molar-refractivity contribution in [1.29, 1.82) is 0 Å². The third kappa shape index (κ3) is 2.52. The van der Waals surface area contributed by atoms with Crippen LogP contribution in [0.3, 0.4) is 0 Å². The van der Waals surface area contributed by atoms with Gasteiger partial charge in [-0.15, -0.1) is 0 Å². The second-order valence-electron chi connectivity index (χ2n) is 4.45. The summed E-state index contributed by atoms with van der Waals surface area (Å²) < 4.78 is 0. The summed E-state index contributed by atoms with van der Waals surface area (Å²) in [4.78, 5) is 13.4. The van der Waals surface area contributed by atoms with Gasteiger partial charge in [0.05, 0.1) is 0 Å². The first-order chi connectivity index (χ1) is 9.00. The fraction of sp³-hybridized carbons (Fsp3) is 0.133. The summed E-state index contributed by atoms with van der Waals surface area (Å²) in [6.07, 6.45) is 0. The normalized spacial score (nSPS) is 10.2.